The summed E-state index contributed by atoms with van der Waals surface area (Å²) in [5.74, 6) is -0.212. The zero-order valence-electron chi connectivity index (χ0n) is 14.2. The van der Waals surface area contributed by atoms with E-state index in [4.69, 9.17) is 4.74 Å². The molecule has 1 rings (SSSR count). The van der Waals surface area contributed by atoms with Crippen molar-refractivity contribution < 1.29 is 14.3 Å². The molecule has 2 atom stereocenters. The molecule has 4 N–H and O–H groups in total. The van der Waals surface area contributed by atoms with Crippen LogP contribution in [0.15, 0.2) is 30.3 Å². The standard InChI is InChI=1S/C16H24N2O3.CH5N/c1-3-4-10-17-16(20)15(18-12-19)13(2)21-11-14-8-6-5-7-9-14;1-2/h5-9,12-13,15H,3-4,10-11H2,1-2H3,(H,17,20)(H,18,19);2H2,1H3. The predicted octanol–water partition coefficient (Wildman–Crippen LogP) is 1.20. The molecule has 6 heteroatoms. The Kier molecular flexibility index (Phi) is 12.6. The van der Waals surface area contributed by atoms with E-state index in [0.717, 1.165) is 18.4 Å². The molecule has 0 saturated heterocycles. The Morgan fingerprint density at radius 2 is 1.96 bits per heavy atom. The van der Waals surface area contributed by atoms with Crippen LogP contribution in [0, 0.1) is 0 Å². The van der Waals surface area contributed by atoms with Crippen molar-refractivity contribution >= 4 is 12.3 Å². The maximum absolute atomic E-state index is 12.0. The Morgan fingerprint density at radius 1 is 1.30 bits per heavy atom. The first-order valence-corrected chi connectivity index (χ1v) is 7.89. The molecule has 2 amide bonds. The van der Waals surface area contributed by atoms with Crippen molar-refractivity contribution in [2.45, 2.75) is 45.4 Å². The molecule has 0 aliphatic carbocycles. The molecule has 0 heterocycles. The van der Waals surface area contributed by atoms with Gasteiger partial charge >= 0.3 is 0 Å². The summed E-state index contributed by atoms with van der Waals surface area (Å²) in [6.07, 6.45) is 2.05. The summed E-state index contributed by atoms with van der Waals surface area (Å²) in [5, 5.41) is 5.33. The second-order valence-electron chi connectivity index (χ2n) is 4.91. The van der Waals surface area contributed by atoms with Gasteiger partial charge in [-0.05, 0) is 26.0 Å². The second-order valence-corrected chi connectivity index (χ2v) is 4.91. The summed E-state index contributed by atoms with van der Waals surface area (Å²) in [5.41, 5.74) is 5.53. The number of rotatable bonds is 10. The number of carbonyl (C=O) groups is 2. The van der Waals surface area contributed by atoms with Gasteiger partial charge in [0, 0.05) is 6.54 Å². The van der Waals surface area contributed by atoms with Crippen LogP contribution in [0.4, 0.5) is 0 Å². The minimum atomic E-state index is -0.678. The van der Waals surface area contributed by atoms with E-state index in [-0.39, 0.29) is 5.91 Å². The van der Waals surface area contributed by atoms with Crippen molar-refractivity contribution in [3.63, 3.8) is 0 Å². The van der Waals surface area contributed by atoms with E-state index in [2.05, 4.69) is 23.3 Å². The molecule has 0 fully saturated rings. The third kappa shape index (κ3) is 8.95. The highest BCUT2D eigenvalue weighted by Crippen LogP contribution is 2.06. The molecular weight excluding hydrogens is 294 g/mol. The first kappa shape index (κ1) is 21.1. The van der Waals surface area contributed by atoms with E-state index in [0.29, 0.717) is 19.6 Å². The molecule has 0 aliphatic heterocycles. The number of unbranched alkanes of at least 4 members (excludes halogenated alkanes) is 1. The maximum atomic E-state index is 12.0. The smallest absolute Gasteiger partial charge is 0.245 e. The highest BCUT2D eigenvalue weighted by atomic mass is 16.5. The van der Waals surface area contributed by atoms with Gasteiger partial charge in [-0.25, -0.2) is 0 Å². The fraction of sp³-hybridized carbons (Fsp3) is 0.529. The number of nitrogens with one attached hydrogen (secondary N) is 2. The van der Waals surface area contributed by atoms with Crippen LogP contribution in [0.3, 0.4) is 0 Å². The number of hydrogen-bond donors (Lipinski definition) is 3. The number of hydrogen-bond acceptors (Lipinski definition) is 4. The average Bonchev–Trinajstić information content (AvgIpc) is 2.60. The third-order valence-corrected chi connectivity index (χ3v) is 3.18. The van der Waals surface area contributed by atoms with E-state index in [1.165, 1.54) is 7.05 Å². The molecule has 0 radical (unpaired) electrons. The van der Waals surface area contributed by atoms with E-state index in [1.54, 1.807) is 6.92 Å². The van der Waals surface area contributed by atoms with Gasteiger partial charge in [-0.1, -0.05) is 43.7 Å². The quantitative estimate of drug-likeness (QED) is 0.445. The van der Waals surface area contributed by atoms with Crippen molar-refractivity contribution in [1.82, 2.24) is 10.6 Å². The van der Waals surface area contributed by atoms with Crippen molar-refractivity contribution in [3.8, 4) is 0 Å². The van der Waals surface area contributed by atoms with Gasteiger partial charge in [0.2, 0.25) is 12.3 Å². The van der Waals surface area contributed by atoms with Gasteiger partial charge in [0.1, 0.15) is 6.04 Å². The van der Waals surface area contributed by atoms with Gasteiger partial charge in [-0.2, -0.15) is 0 Å². The van der Waals surface area contributed by atoms with Crippen LogP contribution in [0.25, 0.3) is 0 Å². The summed E-state index contributed by atoms with van der Waals surface area (Å²) >= 11 is 0. The maximum Gasteiger partial charge on any atom is 0.245 e. The monoisotopic (exact) mass is 323 g/mol. The van der Waals surface area contributed by atoms with Crippen LogP contribution in [-0.2, 0) is 20.9 Å². The summed E-state index contributed by atoms with van der Waals surface area (Å²) in [6.45, 7) is 4.85. The van der Waals surface area contributed by atoms with Gasteiger partial charge in [-0.15, -0.1) is 0 Å². The summed E-state index contributed by atoms with van der Waals surface area (Å²) in [6, 6.07) is 9.03. The van der Waals surface area contributed by atoms with E-state index in [1.807, 2.05) is 30.3 Å². The molecule has 130 valence electrons. The first-order chi connectivity index (χ1) is 11.2. The van der Waals surface area contributed by atoms with E-state index in [9.17, 15) is 9.59 Å². The van der Waals surface area contributed by atoms with Crippen molar-refractivity contribution in [2.24, 2.45) is 5.73 Å². The number of nitrogens with two attached hydrogens (primary N) is 1. The Bertz CT molecular complexity index is 426. The molecule has 0 saturated carbocycles. The van der Waals surface area contributed by atoms with Gasteiger partial charge in [0.05, 0.1) is 12.7 Å². The SMILES string of the molecule is CCCCNC(=O)C(NC=O)C(C)OCc1ccccc1.CN. The Labute approximate surface area is 138 Å². The first-order valence-electron chi connectivity index (χ1n) is 7.89. The van der Waals surface area contributed by atoms with Crippen molar-refractivity contribution in [3.05, 3.63) is 35.9 Å². The molecule has 1 aromatic rings. The van der Waals surface area contributed by atoms with Gasteiger partial charge in [0.25, 0.3) is 0 Å². The molecule has 2 unspecified atom stereocenters. The fourth-order valence-corrected chi connectivity index (χ4v) is 1.89. The van der Waals surface area contributed by atoms with Crippen LogP contribution in [0.1, 0.15) is 32.3 Å². The van der Waals surface area contributed by atoms with Crippen LogP contribution in [-0.4, -0.2) is 38.1 Å². The van der Waals surface area contributed by atoms with Crippen LogP contribution >= 0.6 is 0 Å². The number of benzene rings is 1. The molecule has 6 nitrogen and oxygen atoms in total. The number of amides is 2. The van der Waals surface area contributed by atoms with Gasteiger partial charge in [-0.3, -0.25) is 9.59 Å². The van der Waals surface area contributed by atoms with Crippen LogP contribution < -0.4 is 16.4 Å². The molecule has 0 bridgehead atoms. The zero-order chi connectivity index (χ0) is 17.5. The number of ether oxygens (including phenoxy) is 1. The van der Waals surface area contributed by atoms with Crippen LogP contribution in [0.2, 0.25) is 0 Å². The Balaban J connectivity index is 0.00000232. The highest BCUT2D eigenvalue weighted by molar-refractivity contribution is 5.84. The third-order valence-electron chi connectivity index (χ3n) is 3.18. The second kappa shape index (κ2) is 13.7. The van der Waals surface area contributed by atoms with Gasteiger partial charge < -0.3 is 21.1 Å². The Morgan fingerprint density at radius 3 is 2.52 bits per heavy atom. The molecule has 1 aromatic carbocycles. The zero-order valence-corrected chi connectivity index (χ0v) is 14.2. The lowest BCUT2D eigenvalue weighted by atomic mass is 10.1. The van der Waals surface area contributed by atoms with E-state index >= 15 is 0 Å². The topological polar surface area (TPSA) is 93.5 Å². The largest absolute Gasteiger partial charge is 0.371 e. The average molecular weight is 323 g/mol. The van der Waals surface area contributed by atoms with E-state index < -0.39 is 12.1 Å². The lowest BCUT2D eigenvalue weighted by molar-refractivity contribution is -0.129. The molecule has 0 aromatic heterocycles. The van der Waals surface area contributed by atoms with Gasteiger partial charge in [0.15, 0.2) is 0 Å². The lowest BCUT2D eigenvalue weighted by Crippen LogP contribution is -2.50. The lowest BCUT2D eigenvalue weighted by Gasteiger charge is -2.23. The minimum absolute atomic E-state index is 0.212. The van der Waals surface area contributed by atoms with Crippen LogP contribution in [0.5, 0.6) is 0 Å². The predicted molar refractivity (Wildman–Crippen MR) is 91.7 cm³/mol. The number of carbonyl (C=O) groups excluding carboxylic acids is 2. The molecule has 23 heavy (non-hydrogen) atoms. The Hall–Kier alpha value is -1.92. The molecular formula is C17H29N3O3. The summed E-state index contributed by atoms with van der Waals surface area (Å²) in [4.78, 5) is 22.7. The normalized spacial score (nSPS) is 12.3. The van der Waals surface area contributed by atoms with Crippen molar-refractivity contribution in [1.29, 1.82) is 0 Å². The minimum Gasteiger partial charge on any atom is -0.371 e. The fourth-order valence-electron chi connectivity index (χ4n) is 1.89. The summed E-state index contributed by atoms with van der Waals surface area (Å²) in [7, 11) is 1.50. The summed E-state index contributed by atoms with van der Waals surface area (Å²) < 4.78 is 5.69. The van der Waals surface area contributed by atoms with Crippen molar-refractivity contribution in [2.75, 3.05) is 13.6 Å². The molecule has 0 aliphatic rings. The highest BCUT2D eigenvalue weighted by Gasteiger charge is 2.24. The molecule has 0 spiro atoms.